The van der Waals surface area contributed by atoms with Crippen LogP contribution >= 0.6 is 47.8 Å². The molecular formula is C30H28Br3N3O3. The second-order valence-corrected chi connectivity index (χ2v) is 12.2. The Labute approximate surface area is 252 Å². The van der Waals surface area contributed by atoms with Crippen LogP contribution in [0, 0.1) is 6.92 Å². The van der Waals surface area contributed by atoms with E-state index in [4.69, 9.17) is 19.6 Å². The molecule has 0 bridgehead atoms. The van der Waals surface area contributed by atoms with E-state index in [0.717, 1.165) is 45.8 Å². The number of halogens is 3. The zero-order chi connectivity index (χ0) is 27.5. The summed E-state index contributed by atoms with van der Waals surface area (Å²) in [6, 6.07) is 15.7. The number of benzene rings is 3. The van der Waals surface area contributed by atoms with Crippen molar-refractivity contribution in [2.24, 2.45) is 5.10 Å². The van der Waals surface area contributed by atoms with Crippen molar-refractivity contribution >= 4 is 64.9 Å². The van der Waals surface area contributed by atoms with E-state index in [-0.39, 0.29) is 11.5 Å². The second-order valence-electron chi connectivity index (χ2n) is 9.73. The highest BCUT2D eigenvalue weighted by atomic mass is 79.9. The Hall–Kier alpha value is -2.49. The largest absolute Gasteiger partial charge is 0.493 e. The van der Waals surface area contributed by atoms with Gasteiger partial charge in [0.05, 0.1) is 28.7 Å². The molecule has 5 rings (SSSR count). The van der Waals surface area contributed by atoms with E-state index in [1.807, 2.05) is 30.3 Å². The SMILES string of the molecule is COc1cc(C=Nn2c(C3CCCCC3)nc3ccc(Br)cc3c2=O)c(Br)c(Br)c1OCc1ccc(C)cc1. The van der Waals surface area contributed by atoms with Gasteiger partial charge in [0.15, 0.2) is 11.5 Å². The lowest BCUT2D eigenvalue weighted by molar-refractivity contribution is 0.282. The highest BCUT2D eigenvalue weighted by Crippen LogP contribution is 2.42. The van der Waals surface area contributed by atoms with Crippen molar-refractivity contribution < 1.29 is 9.47 Å². The summed E-state index contributed by atoms with van der Waals surface area (Å²) in [5.41, 5.74) is 3.50. The van der Waals surface area contributed by atoms with Crippen LogP contribution in [0.5, 0.6) is 11.5 Å². The molecule has 202 valence electrons. The molecule has 0 N–H and O–H groups in total. The van der Waals surface area contributed by atoms with Crippen molar-refractivity contribution in [2.45, 2.75) is 51.6 Å². The van der Waals surface area contributed by atoms with Crippen LogP contribution in [0.25, 0.3) is 10.9 Å². The molecule has 1 fully saturated rings. The lowest BCUT2D eigenvalue weighted by Gasteiger charge is -2.22. The molecule has 1 aliphatic carbocycles. The van der Waals surface area contributed by atoms with Gasteiger partial charge in [0.25, 0.3) is 5.56 Å². The fourth-order valence-corrected chi connectivity index (χ4v) is 6.14. The standard InChI is InChI=1S/C30H28Br3N3O3/c1-18-8-10-19(11-9-18)17-39-28-25(38-2)14-21(26(32)27(28)33)16-34-36-29(20-6-4-3-5-7-20)35-24-13-12-22(31)15-23(24)30(36)37/h8-16,20H,3-7,17H2,1-2H3. The third-order valence-electron chi connectivity index (χ3n) is 7.00. The van der Waals surface area contributed by atoms with Crippen LogP contribution in [-0.2, 0) is 6.61 Å². The average molecular weight is 718 g/mol. The average Bonchev–Trinajstić information content (AvgIpc) is 2.95. The first-order chi connectivity index (χ1) is 18.9. The van der Waals surface area contributed by atoms with Gasteiger partial charge < -0.3 is 9.47 Å². The molecule has 1 saturated carbocycles. The molecule has 0 radical (unpaired) electrons. The quantitative estimate of drug-likeness (QED) is 0.180. The minimum absolute atomic E-state index is 0.182. The van der Waals surface area contributed by atoms with Gasteiger partial charge in [-0.1, -0.05) is 65.0 Å². The predicted molar refractivity (Wildman–Crippen MR) is 166 cm³/mol. The molecule has 4 aromatic rings. The molecule has 0 atom stereocenters. The molecule has 3 aromatic carbocycles. The second kappa shape index (κ2) is 12.4. The fraction of sp³-hybridized carbons (Fsp3) is 0.300. The molecular weight excluding hydrogens is 690 g/mol. The van der Waals surface area contributed by atoms with Gasteiger partial charge in [-0.15, -0.1) is 0 Å². The Morgan fingerprint density at radius 3 is 2.49 bits per heavy atom. The van der Waals surface area contributed by atoms with Crippen molar-refractivity contribution in [3.05, 3.63) is 94.8 Å². The van der Waals surface area contributed by atoms with E-state index in [2.05, 4.69) is 66.8 Å². The van der Waals surface area contributed by atoms with Gasteiger partial charge in [0.2, 0.25) is 0 Å². The van der Waals surface area contributed by atoms with Crippen LogP contribution in [0.2, 0.25) is 0 Å². The van der Waals surface area contributed by atoms with Crippen molar-refractivity contribution in [3.8, 4) is 11.5 Å². The summed E-state index contributed by atoms with van der Waals surface area (Å²) in [4.78, 5) is 18.6. The van der Waals surface area contributed by atoms with Crippen molar-refractivity contribution in [1.29, 1.82) is 0 Å². The van der Waals surface area contributed by atoms with E-state index in [9.17, 15) is 4.79 Å². The Morgan fingerprint density at radius 2 is 1.77 bits per heavy atom. The summed E-state index contributed by atoms with van der Waals surface area (Å²) in [7, 11) is 1.60. The first-order valence-electron chi connectivity index (χ1n) is 12.9. The first-order valence-corrected chi connectivity index (χ1v) is 15.2. The smallest absolute Gasteiger partial charge is 0.282 e. The van der Waals surface area contributed by atoms with Crippen LogP contribution in [0.15, 0.2) is 71.8 Å². The molecule has 0 unspecified atom stereocenters. The summed E-state index contributed by atoms with van der Waals surface area (Å²) >= 11 is 10.8. The molecule has 0 spiro atoms. The van der Waals surface area contributed by atoms with Crippen LogP contribution in [0.4, 0.5) is 0 Å². The number of methoxy groups -OCH3 is 1. The van der Waals surface area contributed by atoms with Crippen molar-refractivity contribution in [2.75, 3.05) is 7.11 Å². The lowest BCUT2D eigenvalue weighted by atomic mass is 9.88. The Balaban J connectivity index is 1.53. The van der Waals surface area contributed by atoms with Gasteiger partial charge in [-0.05, 0) is 81.5 Å². The summed E-state index contributed by atoms with van der Waals surface area (Å²) in [6.07, 6.45) is 7.13. The highest BCUT2D eigenvalue weighted by Gasteiger charge is 2.23. The van der Waals surface area contributed by atoms with E-state index in [0.29, 0.717) is 39.3 Å². The molecule has 1 aromatic heterocycles. The summed E-state index contributed by atoms with van der Waals surface area (Å²) < 4.78 is 15.6. The van der Waals surface area contributed by atoms with Gasteiger partial charge in [-0.25, -0.2) is 4.98 Å². The van der Waals surface area contributed by atoms with Gasteiger partial charge in [0, 0.05) is 20.4 Å². The molecule has 0 aliphatic heterocycles. The van der Waals surface area contributed by atoms with Gasteiger partial charge in [-0.2, -0.15) is 9.78 Å². The minimum atomic E-state index is -0.182. The monoisotopic (exact) mass is 715 g/mol. The van der Waals surface area contributed by atoms with Crippen LogP contribution in [0.3, 0.4) is 0 Å². The van der Waals surface area contributed by atoms with E-state index < -0.39 is 0 Å². The molecule has 9 heteroatoms. The number of fused-ring (bicyclic) bond motifs is 1. The Bertz CT molecular complexity index is 1590. The van der Waals surface area contributed by atoms with Crippen LogP contribution in [-0.4, -0.2) is 23.0 Å². The third kappa shape index (κ3) is 6.15. The lowest BCUT2D eigenvalue weighted by Crippen LogP contribution is -2.25. The van der Waals surface area contributed by atoms with E-state index in [1.165, 1.54) is 16.7 Å². The number of hydrogen-bond donors (Lipinski definition) is 0. The van der Waals surface area contributed by atoms with Crippen LogP contribution < -0.4 is 15.0 Å². The minimum Gasteiger partial charge on any atom is -0.493 e. The maximum atomic E-state index is 13.7. The number of rotatable bonds is 7. The van der Waals surface area contributed by atoms with Crippen LogP contribution in [0.1, 0.15) is 60.5 Å². The van der Waals surface area contributed by atoms with E-state index >= 15 is 0 Å². The molecule has 0 amide bonds. The number of aromatic nitrogens is 2. The number of nitrogens with zero attached hydrogens (tertiary/aromatic N) is 3. The zero-order valence-electron chi connectivity index (χ0n) is 21.7. The highest BCUT2D eigenvalue weighted by molar-refractivity contribution is 9.13. The fourth-order valence-electron chi connectivity index (χ4n) is 4.85. The number of ether oxygens (including phenoxy) is 2. The maximum Gasteiger partial charge on any atom is 0.282 e. The van der Waals surface area contributed by atoms with Crippen molar-refractivity contribution in [1.82, 2.24) is 9.66 Å². The molecule has 39 heavy (non-hydrogen) atoms. The summed E-state index contributed by atoms with van der Waals surface area (Å²) in [6.45, 7) is 2.45. The third-order valence-corrected chi connectivity index (χ3v) is 9.63. The molecule has 1 heterocycles. The van der Waals surface area contributed by atoms with Gasteiger partial charge >= 0.3 is 0 Å². The molecule has 0 saturated heterocycles. The number of hydrogen-bond acceptors (Lipinski definition) is 5. The molecule has 1 aliphatic rings. The Kier molecular flexibility index (Phi) is 8.89. The van der Waals surface area contributed by atoms with Gasteiger partial charge in [-0.3, -0.25) is 4.79 Å². The summed E-state index contributed by atoms with van der Waals surface area (Å²) in [5, 5.41) is 5.22. The van der Waals surface area contributed by atoms with Gasteiger partial charge in [0.1, 0.15) is 12.4 Å². The maximum absolute atomic E-state index is 13.7. The van der Waals surface area contributed by atoms with Crippen molar-refractivity contribution in [3.63, 3.8) is 0 Å². The normalized spacial score (nSPS) is 14.3. The zero-order valence-corrected chi connectivity index (χ0v) is 26.5. The number of aryl methyl sites for hydroxylation is 1. The molecule has 6 nitrogen and oxygen atoms in total. The first kappa shape index (κ1) is 28.1. The summed E-state index contributed by atoms with van der Waals surface area (Å²) in [5.74, 6) is 2.04. The van der Waals surface area contributed by atoms with E-state index in [1.54, 1.807) is 19.4 Å². The Morgan fingerprint density at radius 1 is 1.03 bits per heavy atom. The topological polar surface area (TPSA) is 65.7 Å². The predicted octanol–water partition coefficient (Wildman–Crippen LogP) is 8.51.